The van der Waals surface area contributed by atoms with E-state index in [0.717, 1.165) is 18.6 Å². The number of hydrogen-bond acceptors (Lipinski definition) is 2. The zero-order chi connectivity index (χ0) is 10.6. The normalized spacial score (nSPS) is 12.6. The maximum absolute atomic E-state index is 9.53. The van der Waals surface area contributed by atoms with Crippen molar-refractivity contribution in [2.24, 2.45) is 0 Å². The minimum atomic E-state index is -0.234. The van der Waals surface area contributed by atoms with Crippen molar-refractivity contribution in [2.45, 2.75) is 32.8 Å². The van der Waals surface area contributed by atoms with E-state index in [4.69, 9.17) is 4.74 Å². The number of aryl methyl sites for hydroxylation is 1. The first-order valence-corrected chi connectivity index (χ1v) is 4.99. The molecule has 0 aliphatic rings. The number of benzene rings is 1. The summed E-state index contributed by atoms with van der Waals surface area (Å²) in [6, 6.07) is 5.95. The number of hydrogen-bond donors (Lipinski definition) is 1. The van der Waals surface area contributed by atoms with Crippen LogP contribution >= 0.6 is 0 Å². The Bertz CT molecular complexity index is 294. The Morgan fingerprint density at radius 1 is 1.43 bits per heavy atom. The molecule has 14 heavy (non-hydrogen) atoms. The monoisotopic (exact) mass is 194 g/mol. The highest BCUT2D eigenvalue weighted by Gasteiger charge is 2.05. The van der Waals surface area contributed by atoms with Gasteiger partial charge in [0.25, 0.3) is 0 Å². The number of aliphatic hydroxyl groups is 1. The zero-order valence-corrected chi connectivity index (χ0v) is 9.08. The van der Waals surface area contributed by atoms with E-state index in [9.17, 15) is 5.11 Å². The summed E-state index contributed by atoms with van der Waals surface area (Å²) in [7, 11) is 1.66. The fraction of sp³-hybridized carbons (Fsp3) is 0.500. The van der Waals surface area contributed by atoms with Crippen LogP contribution in [0.2, 0.25) is 0 Å². The fourth-order valence-electron chi connectivity index (χ4n) is 1.42. The summed E-state index contributed by atoms with van der Waals surface area (Å²) in [6.07, 6.45) is 1.29. The van der Waals surface area contributed by atoms with Crippen LogP contribution in [-0.4, -0.2) is 18.3 Å². The van der Waals surface area contributed by atoms with Gasteiger partial charge in [0.05, 0.1) is 13.2 Å². The molecule has 1 atom stereocenters. The molecule has 1 N–H and O–H groups in total. The third kappa shape index (κ3) is 2.74. The average molecular weight is 194 g/mol. The van der Waals surface area contributed by atoms with E-state index in [1.807, 2.05) is 32.0 Å². The van der Waals surface area contributed by atoms with E-state index in [1.165, 1.54) is 11.1 Å². The maximum Gasteiger partial charge on any atom is 0.119 e. The van der Waals surface area contributed by atoms with Crippen molar-refractivity contribution in [3.05, 3.63) is 29.3 Å². The molecule has 0 aliphatic heterocycles. The van der Waals surface area contributed by atoms with Gasteiger partial charge in [-0.3, -0.25) is 0 Å². The largest absolute Gasteiger partial charge is 0.497 e. The first-order valence-electron chi connectivity index (χ1n) is 4.99. The molecule has 0 saturated heterocycles. The van der Waals surface area contributed by atoms with Gasteiger partial charge in [0, 0.05) is 0 Å². The van der Waals surface area contributed by atoms with Crippen LogP contribution < -0.4 is 4.74 Å². The van der Waals surface area contributed by atoms with Crippen LogP contribution in [0.15, 0.2) is 18.2 Å². The number of aliphatic hydroxyl groups excluding tert-OH is 1. The van der Waals surface area contributed by atoms with Gasteiger partial charge in [-0.05, 0) is 43.0 Å². The van der Waals surface area contributed by atoms with E-state index in [-0.39, 0.29) is 6.10 Å². The Labute approximate surface area is 85.5 Å². The van der Waals surface area contributed by atoms with Gasteiger partial charge in [0.15, 0.2) is 0 Å². The molecule has 0 saturated carbocycles. The van der Waals surface area contributed by atoms with E-state index in [1.54, 1.807) is 7.11 Å². The second-order valence-corrected chi connectivity index (χ2v) is 3.56. The molecule has 0 amide bonds. The van der Waals surface area contributed by atoms with Gasteiger partial charge >= 0.3 is 0 Å². The Kier molecular flexibility index (Phi) is 3.96. The molecular weight excluding hydrogens is 176 g/mol. The molecule has 0 bridgehead atoms. The Morgan fingerprint density at radius 2 is 2.14 bits per heavy atom. The second kappa shape index (κ2) is 5.01. The summed E-state index contributed by atoms with van der Waals surface area (Å²) < 4.78 is 5.12. The summed E-state index contributed by atoms with van der Waals surface area (Å²) in [5, 5.41) is 9.53. The summed E-state index contributed by atoms with van der Waals surface area (Å²) in [5.41, 5.74) is 2.37. The lowest BCUT2D eigenvalue weighted by Crippen LogP contribution is -2.09. The average Bonchev–Trinajstić information content (AvgIpc) is 2.20. The van der Waals surface area contributed by atoms with Crippen LogP contribution in [0.1, 0.15) is 24.5 Å². The summed E-state index contributed by atoms with van der Waals surface area (Å²) in [5.74, 6) is 0.872. The number of ether oxygens (including phenoxy) is 1. The summed E-state index contributed by atoms with van der Waals surface area (Å²) >= 11 is 0. The van der Waals surface area contributed by atoms with Gasteiger partial charge in [-0.1, -0.05) is 13.0 Å². The summed E-state index contributed by atoms with van der Waals surface area (Å²) in [6.45, 7) is 4.03. The molecule has 1 aromatic rings. The maximum atomic E-state index is 9.53. The standard InChI is InChI=1S/C12H18O2/c1-4-11(13)8-10-5-6-12(14-3)7-9(10)2/h5-7,11,13H,4,8H2,1-3H3/t11-/m0/s1. The molecule has 2 heteroatoms. The van der Waals surface area contributed by atoms with Crippen molar-refractivity contribution in [3.8, 4) is 5.75 Å². The van der Waals surface area contributed by atoms with Crippen molar-refractivity contribution in [1.82, 2.24) is 0 Å². The van der Waals surface area contributed by atoms with Crippen molar-refractivity contribution in [1.29, 1.82) is 0 Å². The van der Waals surface area contributed by atoms with Crippen molar-refractivity contribution in [2.75, 3.05) is 7.11 Å². The highest BCUT2D eigenvalue weighted by Crippen LogP contribution is 2.18. The van der Waals surface area contributed by atoms with Gasteiger partial charge in [-0.2, -0.15) is 0 Å². The van der Waals surface area contributed by atoms with Crippen LogP contribution in [0.5, 0.6) is 5.75 Å². The molecular formula is C12H18O2. The highest BCUT2D eigenvalue weighted by atomic mass is 16.5. The van der Waals surface area contributed by atoms with E-state index in [0.29, 0.717) is 0 Å². The van der Waals surface area contributed by atoms with Crippen molar-refractivity contribution < 1.29 is 9.84 Å². The lowest BCUT2D eigenvalue weighted by Gasteiger charge is -2.11. The number of rotatable bonds is 4. The summed E-state index contributed by atoms with van der Waals surface area (Å²) in [4.78, 5) is 0. The minimum Gasteiger partial charge on any atom is -0.497 e. The molecule has 0 radical (unpaired) electrons. The molecule has 0 aliphatic carbocycles. The molecule has 0 spiro atoms. The lowest BCUT2D eigenvalue weighted by atomic mass is 10.0. The van der Waals surface area contributed by atoms with E-state index in [2.05, 4.69) is 0 Å². The van der Waals surface area contributed by atoms with Crippen LogP contribution in [0, 0.1) is 6.92 Å². The first-order chi connectivity index (χ1) is 6.67. The Balaban J connectivity index is 2.78. The van der Waals surface area contributed by atoms with Gasteiger partial charge < -0.3 is 9.84 Å². The highest BCUT2D eigenvalue weighted by molar-refractivity contribution is 5.35. The van der Waals surface area contributed by atoms with Crippen molar-refractivity contribution in [3.63, 3.8) is 0 Å². The third-order valence-corrected chi connectivity index (χ3v) is 2.48. The molecule has 2 nitrogen and oxygen atoms in total. The topological polar surface area (TPSA) is 29.5 Å². The Hall–Kier alpha value is -1.02. The Morgan fingerprint density at radius 3 is 2.64 bits per heavy atom. The molecule has 0 heterocycles. The van der Waals surface area contributed by atoms with Crippen LogP contribution in [0.4, 0.5) is 0 Å². The fourth-order valence-corrected chi connectivity index (χ4v) is 1.42. The second-order valence-electron chi connectivity index (χ2n) is 3.56. The zero-order valence-electron chi connectivity index (χ0n) is 9.08. The molecule has 1 aromatic carbocycles. The van der Waals surface area contributed by atoms with Gasteiger partial charge in [0.1, 0.15) is 5.75 Å². The quantitative estimate of drug-likeness (QED) is 0.797. The smallest absolute Gasteiger partial charge is 0.119 e. The first kappa shape index (κ1) is 11.1. The van der Waals surface area contributed by atoms with Gasteiger partial charge in [-0.25, -0.2) is 0 Å². The predicted octanol–water partition coefficient (Wildman–Crippen LogP) is 2.32. The van der Waals surface area contributed by atoms with Gasteiger partial charge in [-0.15, -0.1) is 0 Å². The predicted molar refractivity (Wildman–Crippen MR) is 57.7 cm³/mol. The SMILES string of the molecule is CC[C@H](O)Cc1ccc(OC)cc1C. The van der Waals surface area contributed by atoms with Crippen LogP contribution in [0.25, 0.3) is 0 Å². The molecule has 0 fully saturated rings. The van der Waals surface area contributed by atoms with Crippen molar-refractivity contribution >= 4 is 0 Å². The molecule has 78 valence electrons. The third-order valence-electron chi connectivity index (χ3n) is 2.48. The minimum absolute atomic E-state index is 0.234. The van der Waals surface area contributed by atoms with E-state index >= 15 is 0 Å². The molecule has 0 unspecified atom stereocenters. The van der Waals surface area contributed by atoms with Gasteiger partial charge in [0.2, 0.25) is 0 Å². The van der Waals surface area contributed by atoms with Crippen LogP contribution in [0.3, 0.4) is 0 Å². The van der Waals surface area contributed by atoms with E-state index < -0.39 is 0 Å². The molecule has 1 rings (SSSR count). The van der Waals surface area contributed by atoms with Crippen LogP contribution in [-0.2, 0) is 6.42 Å². The number of methoxy groups -OCH3 is 1. The lowest BCUT2D eigenvalue weighted by molar-refractivity contribution is 0.170. The molecule has 0 aromatic heterocycles.